The topological polar surface area (TPSA) is 49.0 Å². The third kappa shape index (κ3) is 2.07. The van der Waals surface area contributed by atoms with Crippen LogP contribution in [-0.4, -0.2) is 14.9 Å². The number of rotatable bonds is 2. The number of nitrogens with zero attached hydrogens (tertiary/aromatic N) is 2. The molecule has 0 aliphatic carbocycles. The largest absolute Gasteiger partial charge is 0.345 e. The molecule has 0 fully saturated rings. The molecule has 1 aliphatic rings. The fraction of sp³-hybridized carbons (Fsp3) is 0.286. The maximum Gasteiger partial charge on any atom is 0.345 e. The molecule has 2 aromatic rings. The molecule has 0 radical (unpaired) electrons. The first-order valence-corrected chi connectivity index (χ1v) is 6.07. The number of hydrogen-bond donors (Lipinski definition) is 1. The molecule has 0 spiro atoms. The van der Waals surface area contributed by atoms with Crippen LogP contribution in [0.25, 0.3) is 0 Å². The number of benzene rings is 1. The molecule has 0 bridgehead atoms. The van der Waals surface area contributed by atoms with E-state index in [0.29, 0.717) is 0 Å². The van der Waals surface area contributed by atoms with Gasteiger partial charge in [-0.05, 0) is 12.5 Å². The van der Waals surface area contributed by atoms with E-state index in [-0.39, 0.29) is 5.69 Å². The average molecular weight is 241 g/mol. The van der Waals surface area contributed by atoms with E-state index in [4.69, 9.17) is 0 Å². The lowest BCUT2D eigenvalue weighted by Crippen LogP contribution is -2.16. The van der Waals surface area contributed by atoms with Gasteiger partial charge in [0.15, 0.2) is 0 Å². The second kappa shape index (κ2) is 4.38. The Labute approximate surface area is 105 Å². The van der Waals surface area contributed by atoms with Gasteiger partial charge < -0.3 is 4.98 Å². The highest BCUT2D eigenvalue weighted by atomic mass is 16.1. The Kier molecular flexibility index (Phi) is 2.72. The maximum atomic E-state index is 11.3. The number of hydrogen-bond acceptors (Lipinski definition) is 3. The molecule has 0 atom stereocenters. The Morgan fingerprint density at radius 3 is 2.83 bits per heavy atom. The first-order valence-electron chi connectivity index (χ1n) is 6.07. The number of nitrogens with one attached hydrogen (secondary N) is 1. The highest BCUT2D eigenvalue weighted by molar-refractivity contribution is 5.27. The van der Waals surface area contributed by atoms with Gasteiger partial charge in [-0.15, -0.1) is 0 Å². The minimum Gasteiger partial charge on any atom is -0.310 e. The summed E-state index contributed by atoms with van der Waals surface area (Å²) < 4.78 is 0. The van der Waals surface area contributed by atoms with Crippen LogP contribution in [0.15, 0.2) is 35.1 Å². The molecule has 4 heteroatoms. The highest BCUT2D eigenvalue weighted by Crippen LogP contribution is 2.23. The molecule has 92 valence electrons. The van der Waals surface area contributed by atoms with E-state index in [1.165, 1.54) is 11.1 Å². The van der Waals surface area contributed by atoms with Crippen LogP contribution in [0, 0.1) is 6.92 Å². The monoisotopic (exact) mass is 241 g/mol. The van der Waals surface area contributed by atoms with Crippen molar-refractivity contribution in [1.29, 1.82) is 0 Å². The van der Waals surface area contributed by atoms with Crippen molar-refractivity contribution in [2.24, 2.45) is 0 Å². The van der Waals surface area contributed by atoms with Gasteiger partial charge in [-0.3, -0.25) is 4.90 Å². The molecule has 18 heavy (non-hydrogen) atoms. The standard InChI is InChI=1S/C14H15N3O/c1-10-12-8-17(7-11-5-3-2-4-6-11)9-13(12)16-14(18)15-10/h2-6H,7-9H2,1H3,(H,15,16,18). The number of aromatic amines is 1. The van der Waals surface area contributed by atoms with E-state index in [0.717, 1.165) is 31.0 Å². The van der Waals surface area contributed by atoms with Crippen molar-refractivity contribution in [3.8, 4) is 0 Å². The summed E-state index contributed by atoms with van der Waals surface area (Å²) in [6, 6.07) is 10.4. The molecule has 0 saturated heterocycles. The molecule has 0 saturated carbocycles. The average Bonchev–Trinajstić information content (AvgIpc) is 2.73. The third-order valence-corrected chi connectivity index (χ3v) is 3.34. The van der Waals surface area contributed by atoms with Gasteiger partial charge in [-0.1, -0.05) is 30.3 Å². The normalized spacial score (nSPS) is 14.7. The van der Waals surface area contributed by atoms with Crippen LogP contribution in [0.5, 0.6) is 0 Å². The zero-order valence-electron chi connectivity index (χ0n) is 10.3. The van der Waals surface area contributed by atoms with E-state index in [1.54, 1.807) is 0 Å². The smallest absolute Gasteiger partial charge is 0.310 e. The molecule has 1 aliphatic heterocycles. The molecule has 1 aromatic heterocycles. The minimum absolute atomic E-state index is 0.243. The second-order valence-corrected chi connectivity index (χ2v) is 4.72. The van der Waals surface area contributed by atoms with Crippen LogP contribution in [0.2, 0.25) is 0 Å². The summed E-state index contributed by atoms with van der Waals surface area (Å²) in [4.78, 5) is 20.4. The molecule has 0 amide bonds. The van der Waals surface area contributed by atoms with Crippen molar-refractivity contribution < 1.29 is 0 Å². The number of H-pyrrole nitrogens is 1. The van der Waals surface area contributed by atoms with E-state index in [1.807, 2.05) is 25.1 Å². The van der Waals surface area contributed by atoms with Gasteiger partial charge in [0.1, 0.15) is 0 Å². The Morgan fingerprint density at radius 1 is 1.28 bits per heavy atom. The second-order valence-electron chi connectivity index (χ2n) is 4.72. The van der Waals surface area contributed by atoms with Crippen LogP contribution in [-0.2, 0) is 19.6 Å². The van der Waals surface area contributed by atoms with Crippen LogP contribution < -0.4 is 5.69 Å². The zero-order valence-corrected chi connectivity index (χ0v) is 10.3. The Balaban J connectivity index is 1.81. The molecule has 2 heterocycles. The summed E-state index contributed by atoms with van der Waals surface area (Å²) in [6.07, 6.45) is 0. The number of aryl methyl sites for hydroxylation is 1. The molecule has 1 aromatic carbocycles. The van der Waals surface area contributed by atoms with Gasteiger partial charge in [0.2, 0.25) is 0 Å². The van der Waals surface area contributed by atoms with Crippen molar-refractivity contribution in [2.45, 2.75) is 26.6 Å². The summed E-state index contributed by atoms with van der Waals surface area (Å²) >= 11 is 0. The Bertz CT molecular complexity index is 619. The predicted octanol–water partition coefficient (Wildman–Crippen LogP) is 1.59. The van der Waals surface area contributed by atoms with Crippen molar-refractivity contribution in [1.82, 2.24) is 14.9 Å². The molecular weight excluding hydrogens is 226 g/mol. The lowest BCUT2D eigenvalue weighted by Gasteiger charge is -2.14. The number of fused-ring (bicyclic) bond motifs is 1. The van der Waals surface area contributed by atoms with Gasteiger partial charge in [0, 0.05) is 30.9 Å². The highest BCUT2D eigenvalue weighted by Gasteiger charge is 2.22. The molecule has 3 rings (SSSR count). The van der Waals surface area contributed by atoms with Crippen molar-refractivity contribution in [2.75, 3.05) is 0 Å². The molecular formula is C14H15N3O. The molecule has 0 unspecified atom stereocenters. The van der Waals surface area contributed by atoms with Gasteiger partial charge in [-0.25, -0.2) is 4.79 Å². The maximum absolute atomic E-state index is 11.3. The Morgan fingerprint density at radius 2 is 2.06 bits per heavy atom. The van der Waals surface area contributed by atoms with Crippen LogP contribution >= 0.6 is 0 Å². The van der Waals surface area contributed by atoms with E-state index in [2.05, 4.69) is 27.0 Å². The summed E-state index contributed by atoms with van der Waals surface area (Å²) in [6.45, 7) is 4.45. The molecule has 1 N–H and O–H groups in total. The van der Waals surface area contributed by atoms with Gasteiger partial charge in [0.05, 0.1) is 5.69 Å². The molecule has 4 nitrogen and oxygen atoms in total. The summed E-state index contributed by atoms with van der Waals surface area (Å²) in [7, 11) is 0. The SMILES string of the molecule is Cc1[nH]c(=O)nc2c1CN(Cc1ccccc1)C2. The van der Waals surface area contributed by atoms with Gasteiger partial charge in [-0.2, -0.15) is 4.98 Å². The quantitative estimate of drug-likeness (QED) is 0.868. The summed E-state index contributed by atoms with van der Waals surface area (Å²) in [5.41, 5.74) is 4.08. The first kappa shape index (κ1) is 11.2. The van der Waals surface area contributed by atoms with Gasteiger partial charge >= 0.3 is 5.69 Å². The van der Waals surface area contributed by atoms with Crippen molar-refractivity contribution in [3.63, 3.8) is 0 Å². The van der Waals surface area contributed by atoms with Gasteiger partial charge in [0.25, 0.3) is 0 Å². The van der Waals surface area contributed by atoms with Crippen LogP contribution in [0.1, 0.15) is 22.5 Å². The fourth-order valence-electron chi connectivity index (χ4n) is 2.46. The predicted molar refractivity (Wildman–Crippen MR) is 69.0 cm³/mol. The van der Waals surface area contributed by atoms with E-state index < -0.39 is 0 Å². The third-order valence-electron chi connectivity index (χ3n) is 3.34. The van der Waals surface area contributed by atoms with Crippen LogP contribution in [0.3, 0.4) is 0 Å². The number of aromatic nitrogens is 2. The van der Waals surface area contributed by atoms with Crippen LogP contribution in [0.4, 0.5) is 0 Å². The first-order chi connectivity index (χ1) is 8.72. The van der Waals surface area contributed by atoms with Crippen molar-refractivity contribution >= 4 is 0 Å². The zero-order chi connectivity index (χ0) is 12.5. The Hall–Kier alpha value is -1.94. The summed E-state index contributed by atoms with van der Waals surface area (Å²) in [5, 5.41) is 0. The summed E-state index contributed by atoms with van der Waals surface area (Å²) in [5.74, 6) is 0. The lowest BCUT2D eigenvalue weighted by atomic mass is 10.2. The minimum atomic E-state index is -0.243. The fourth-order valence-corrected chi connectivity index (χ4v) is 2.46. The lowest BCUT2D eigenvalue weighted by molar-refractivity contribution is 0.273. The van der Waals surface area contributed by atoms with E-state index in [9.17, 15) is 4.79 Å². The van der Waals surface area contributed by atoms with E-state index >= 15 is 0 Å². The van der Waals surface area contributed by atoms with Crippen molar-refractivity contribution in [3.05, 3.63) is 63.3 Å².